The zero-order valence-corrected chi connectivity index (χ0v) is 20.7. The van der Waals surface area contributed by atoms with Gasteiger partial charge in [-0.2, -0.15) is 0 Å². The molecular formula is C30H27N3O4. The highest BCUT2D eigenvalue weighted by atomic mass is 16.5. The first-order valence-electron chi connectivity index (χ1n) is 11.9. The van der Waals surface area contributed by atoms with Crippen LogP contribution >= 0.6 is 0 Å². The minimum atomic E-state index is -0.163. The van der Waals surface area contributed by atoms with Gasteiger partial charge in [0, 0.05) is 30.3 Å². The van der Waals surface area contributed by atoms with E-state index in [4.69, 9.17) is 14.2 Å². The van der Waals surface area contributed by atoms with Crippen LogP contribution in [0, 0.1) is 0 Å². The van der Waals surface area contributed by atoms with E-state index in [0.29, 0.717) is 24.7 Å². The van der Waals surface area contributed by atoms with Gasteiger partial charge >= 0.3 is 0 Å². The van der Waals surface area contributed by atoms with Crippen LogP contribution < -0.4 is 25.1 Å². The Bertz CT molecular complexity index is 1560. The average molecular weight is 494 g/mol. The van der Waals surface area contributed by atoms with Crippen LogP contribution in [0.2, 0.25) is 0 Å². The second-order valence-electron chi connectivity index (χ2n) is 8.44. The summed E-state index contributed by atoms with van der Waals surface area (Å²) in [5.74, 6) is 2.69. The third-order valence-corrected chi connectivity index (χ3v) is 6.07. The van der Waals surface area contributed by atoms with E-state index in [1.54, 1.807) is 31.0 Å². The van der Waals surface area contributed by atoms with Crippen LogP contribution in [0.4, 0.5) is 5.69 Å². The number of anilines is 1. The number of aromatic nitrogens is 2. The molecule has 37 heavy (non-hydrogen) atoms. The van der Waals surface area contributed by atoms with Crippen molar-refractivity contribution in [1.82, 2.24) is 9.55 Å². The number of nitrogens with one attached hydrogen (secondary N) is 1. The van der Waals surface area contributed by atoms with Crippen molar-refractivity contribution < 1.29 is 14.2 Å². The zero-order chi connectivity index (χ0) is 25.6. The van der Waals surface area contributed by atoms with E-state index in [1.165, 1.54) is 0 Å². The molecule has 0 radical (unpaired) electrons. The molecule has 5 rings (SSSR count). The van der Waals surface area contributed by atoms with E-state index in [1.807, 2.05) is 84.9 Å². The summed E-state index contributed by atoms with van der Waals surface area (Å²) in [4.78, 5) is 17.5. The molecule has 0 saturated heterocycles. The number of rotatable bonds is 9. The second-order valence-corrected chi connectivity index (χ2v) is 8.44. The molecule has 186 valence electrons. The van der Waals surface area contributed by atoms with Gasteiger partial charge in [-0.25, -0.2) is 4.98 Å². The minimum Gasteiger partial charge on any atom is -0.497 e. The number of nitrogens with zero attached hydrogens (tertiary/aromatic N) is 2. The summed E-state index contributed by atoms with van der Waals surface area (Å²) in [5.41, 5.74) is 3.45. The number of pyridine rings is 2. The first-order chi connectivity index (χ1) is 18.1. The van der Waals surface area contributed by atoms with Crippen molar-refractivity contribution in [3.8, 4) is 23.1 Å². The number of ether oxygens (including phenoxy) is 3. The summed E-state index contributed by atoms with van der Waals surface area (Å²) < 4.78 is 18.3. The maximum Gasteiger partial charge on any atom is 0.256 e. The lowest BCUT2D eigenvalue weighted by Crippen LogP contribution is -2.18. The van der Waals surface area contributed by atoms with Crippen molar-refractivity contribution in [2.24, 2.45) is 0 Å². The number of hydrogen-bond acceptors (Lipinski definition) is 6. The van der Waals surface area contributed by atoms with Crippen molar-refractivity contribution in [2.45, 2.75) is 13.2 Å². The highest BCUT2D eigenvalue weighted by Crippen LogP contribution is 2.26. The molecule has 0 aliphatic rings. The van der Waals surface area contributed by atoms with E-state index < -0.39 is 0 Å². The van der Waals surface area contributed by atoms with E-state index >= 15 is 0 Å². The summed E-state index contributed by atoms with van der Waals surface area (Å²) in [6.45, 7) is 0.992. The van der Waals surface area contributed by atoms with Gasteiger partial charge in [-0.05, 0) is 53.4 Å². The number of benzene rings is 3. The Kier molecular flexibility index (Phi) is 7.03. The Morgan fingerprint density at radius 2 is 1.65 bits per heavy atom. The van der Waals surface area contributed by atoms with Crippen LogP contribution in [0.3, 0.4) is 0 Å². The van der Waals surface area contributed by atoms with E-state index in [2.05, 4.69) is 10.3 Å². The lowest BCUT2D eigenvalue weighted by atomic mass is 10.2. The summed E-state index contributed by atoms with van der Waals surface area (Å²) in [7, 11) is 3.26. The lowest BCUT2D eigenvalue weighted by molar-refractivity contribution is 0.306. The van der Waals surface area contributed by atoms with Gasteiger partial charge in [-0.15, -0.1) is 0 Å². The molecule has 0 aliphatic carbocycles. The van der Waals surface area contributed by atoms with Crippen molar-refractivity contribution >= 4 is 16.6 Å². The smallest absolute Gasteiger partial charge is 0.256 e. The lowest BCUT2D eigenvalue weighted by Gasteiger charge is -2.14. The molecule has 7 nitrogen and oxygen atoms in total. The molecular weight excluding hydrogens is 466 g/mol. The largest absolute Gasteiger partial charge is 0.497 e. The first kappa shape index (κ1) is 23.9. The fourth-order valence-corrected chi connectivity index (χ4v) is 4.10. The predicted octanol–water partition coefficient (Wildman–Crippen LogP) is 5.59. The van der Waals surface area contributed by atoms with Gasteiger partial charge in [-0.3, -0.25) is 9.36 Å². The standard InChI is InChI=1S/C30H27N3O4/c1-35-25-12-9-23(28(17-25)36-2)18-31-24-11-14-29(32-19-24)33-27-16-26(13-8-22(27)10-15-30(33)34)37-20-21-6-4-3-5-7-21/h3-17,19,31H,18,20H2,1-2H3. The normalized spacial score (nSPS) is 10.8. The van der Waals surface area contributed by atoms with Gasteiger partial charge in [0.2, 0.25) is 0 Å². The summed E-state index contributed by atoms with van der Waals surface area (Å²) >= 11 is 0. The molecule has 5 aromatic rings. The van der Waals surface area contributed by atoms with E-state index in [0.717, 1.165) is 39.2 Å². The van der Waals surface area contributed by atoms with Crippen molar-refractivity contribution in [1.29, 1.82) is 0 Å². The van der Waals surface area contributed by atoms with Gasteiger partial charge in [0.25, 0.3) is 5.56 Å². The Morgan fingerprint density at radius 1 is 0.838 bits per heavy atom. The molecule has 1 N–H and O–H groups in total. The maximum atomic E-state index is 12.9. The SMILES string of the molecule is COc1ccc(CNc2ccc(-n3c(=O)ccc4ccc(OCc5ccccc5)cc43)nc2)c(OC)c1. The van der Waals surface area contributed by atoms with Gasteiger partial charge in [0.15, 0.2) is 0 Å². The molecule has 0 amide bonds. The highest BCUT2D eigenvalue weighted by Gasteiger charge is 2.10. The van der Waals surface area contributed by atoms with Crippen LogP contribution in [0.15, 0.2) is 102 Å². The van der Waals surface area contributed by atoms with Crippen LogP contribution in [-0.2, 0) is 13.2 Å². The van der Waals surface area contributed by atoms with Gasteiger partial charge in [0.1, 0.15) is 29.7 Å². The first-order valence-corrected chi connectivity index (χ1v) is 11.9. The Balaban J connectivity index is 1.37. The molecule has 0 aliphatic heterocycles. The van der Waals surface area contributed by atoms with E-state index in [9.17, 15) is 4.79 Å². The second kappa shape index (κ2) is 10.9. The quantitative estimate of drug-likeness (QED) is 0.288. The predicted molar refractivity (Wildman–Crippen MR) is 145 cm³/mol. The molecule has 0 fully saturated rings. The van der Waals surface area contributed by atoms with Crippen LogP contribution in [0.1, 0.15) is 11.1 Å². The monoisotopic (exact) mass is 493 g/mol. The summed E-state index contributed by atoms with van der Waals surface area (Å²) in [6, 6.07) is 28.5. The van der Waals surface area contributed by atoms with Crippen LogP contribution in [0.25, 0.3) is 16.7 Å². The van der Waals surface area contributed by atoms with Crippen LogP contribution in [0.5, 0.6) is 17.2 Å². The van der Waals surface area contributed by atoms with Gasteiger partial charge in [-0.1, -0.05) is 30.3 Å². The van der Waals surface area contributed by atoms with Crippen molar-refractivity contribution in [2.75, 3.05) is 19.5 Å². The summed E-state index contributed by atoms with van der Waals surface area (Å²) in [6.07, 6.45) is 1.71. The number of fused-ring (bicyclic) bond motifs is 1. The zero-order valence-electron chi connectivity index (χ0n) is 20.7. The molecule has 0 unspecified atom stereocenters. The van der Waals surface area contributed by atoms with Gasteiger partial charge in [0.05, 0.1) is 31.6 Å². The highest BCUT2D eigenvalue weighted by molar-refractivity contribution is 5.82. The molecule has 0 bridgehead atoms. The molecule has 7 heteroatoms. The topological polar surface area (TPSA) is 74.6 Å². The Morgan fingerprint density at radius 3 is 2.41 bits per heavy atom. The Hall–Kier alpha value is -4.78. The third-order valence-electron chi connectivity index (χ3n) is 6.07. The molecule has 2 aromatic heterocycles. The molecule has 2 heterocycles. The third kappa shape index (κ3) is 5.41. The number of hydrogen-bond donors (Lipinski definition) is 1. The van der Waals surface area contributed by atoms with Gasteiger partial charge < -0.3 is 19.5 Å². The Labute approximate surface area is 214 Å². The molecule has 0 atom stereocenters. The van der Waals surface area contributed by atoms with Crippen molar-refractivity contribution in [3.05, 3.63) is 119 Å². The average Bonchev–Trinajstić information content (AvgIpc) is 2.95. The van der Waals surface area contributed by atoms with Crippen molar-refractivity contribution in [3.63, 3.8) is 0 Å². The molecule has 3 aromatic carbocycles. The summed E-state index contributed by atoms with van der Waals surface area (Å²) in [5, 5.41) is 4.27. The molecule has 0 spiro atoms. The maximum absolute atomic E-state index is 12.9. The molecule has 0 saturated carbocycles. The van der Waals surface area contributed by atoms with Crippen LogP contribution in [-0.4, -0.2) is 23.8 Å². The fourth-order valence-electron chi connectivity index (χ4n) is 4.10. The minimum absolute atomic E-state index is 0.163. The number of methoxy groups -OCH3 is 2. The van der Waals surface area contributed by atoms with E-state index in [-0.39, 0.29) is 5.56 Å². The fraction of sp³-hybridized carbons (Fsp3) is 0.133.